The maximum absolute atomic E-state index is 11.4. The number of aromatic nitrogens is 2. The molecule has 0 saturated carbocycles. The molecule has 2 rings (SSSR count). The summed E-state index contributed by atoms with van der Waals surface area (Å²) >= 11 is 6.21. The van der Waals surface area contributed by atoms with Crippen LogP contribution in [0.5, 0.6) is 5.75 Å². The second-order valence-corrected chi connectivity index (χ2v) is 4.95. The lowest BCUT2D eigenvalue weighted by atomic mass is 10.1. The molecular formula is C14H17ClN4O2. The van der Waals surface area contributed by atoms with Gasteiger partial charge in [-0.25, -0.2) is 0 Å². The third-order valence-corrected chi connectivity index (χ3v) is 3.58. The molecule has 1 heterocycles. The van der Waals surface area contributed by atoms with Gasteiger partial charge < -0.3 is 16.2 Å². The molecule has 2 aromatic rings. The highest BCUT2D eigenvalue weighted by Crippen LogP contribution is 2.25. The smallest absolute Gasteiger partial charge is 0.252 e. The molecule has 4 N–H and O–H groups in total. The van der Waals surface area contributed by atoms with Crippen molar-refractivity contribution < 1.29 is 9.53 Å². The zero-order valence-corrected chi connectivity index (χ0v) is 12.6. The molecular weight excluding hydrogens is 292 g/mol. The molecule has 21 heavy (non-hydrogen) atoms. The Balaban J connectivity index is 2.27. The lowest BCUT2D eigenvalue weighted by Crippen LogP contribution is -2.14. The number of nitrogen functional groups attached to an aromatic ring is 1. The van der Waals surface area contributed by atoms with E-state index >= 15 is 0 Å². The Morgan fingerprint density at radius 3 is 2.81 bits per heavy atom. The minimum Gasteiger partial charge on any atom is -0.486 e. The summed E-state index contributed by atoms with van der Waals surface area (Å²) in [7, 11) is 0. The maximum atomic E-state index is 11.4. The van der Waals surface area contributed by atoms with Crippen molar-refractivity contribution in [2.45, 2.75) is 27.0 Å². The molecule has 0 fully saturated rings. The summed E-state index contributed by atoms with van der Waals surface area (Å²) in [6.45, 7) is 4.66. The number of nitrogens with two attached hydrogens (primary N) is 2. The highest BCUT2D eigenvalue weighted by Gasteiger charge is 2.15. The molecule has 7 heteroatoms. The summed E-state index contributed by atoms with van der Waals surface area (Å²) in [5, 5.41) is 4.87. The van der Waals surface area contributed by atoms with Gasteiger partial charge in [0.15, 0.2) is 0 Å². The Hall–Kier alpha value is -2.21. The highest BCUT2D eigenvalue weighted by molar-refractivity contribution is 6.31. The van der Waals surface area contributed by atoms with Gasteiger partial charge in [0.05, 0.1) is 22.0 Å². The predicted molar refractivity (Wildman–Crippen MR) is 81.4 cm³/mol. The average molecular weight is 309 g/mol. The zero-order valence-electron chi connectivity index (χ0n) is 11.9. The monoisotopic (exact) mass is 308 g/mol. The SMILES string of the molecule is CCn1nc(C)c(Cl)c1COc1ccc(N)cc1C(N)=O. The van der Waals surface area contributed by atoms with Crippen LogP contribution in [-0.4, -0.2) is 15.7 Å². The number of carbonyl (C=O) groups excluding carboxylic acids is 1. The quantitative estimate of drug-likeness (QED) is 0.827. The number of rotatable bonds is 5. The van der Waals surface area contributed by atoms with Gasteiger partial charge in [0, 0.05) is 12.2 Å². The lowest BCUT2D eigenvalue weighted by Gasteiger charge is -2.11. The summed E-state index contributed by atoms with van der Waals surface area (Å²) in [5.74, 6) is -0.224. The van der Waals surface area contributed by atoms with E-state index in [1.165, 1.54) is 6.07 Å². The van der Waals surface area contributed by atoms with Crippen LogP contribution >= 0.6 is 11.6 Å². The molecule has 1 amide bonds. The van der Waals surface area contributed by atoms with Crippen LogP contribution in [0.25, 0.3) is 0 Å². The number of nitrogens with zero attached hydrogens (tertiary/aromatic N) is 2. The van der Waals surface area contributed by atoms with Gasteiger partial charge in [-0.3, -0.25) is 9.48 Å². The zero-order chi connectivity index (χ0) is 15.6. The van der Waals surface area contributed by atoms with Crippen LogP contribution in [0.1, 0.15) is 28.7 Å². The van der Waals surface area contributed by atoms with Crippen LogP contribution in [0.2, 0.25) is 5.02 Å². The van der Waals surface area contributed by atoms with Gasteiger partial charge in [-0.05, 0) is 32.0 Å². The number of hydrogen-bond acceptors (Lipinski definition) is 4. The number of halogens is 1. The fourth-order valence-electron chi connectivity index (χ4n) is 2.02. The fraction of sp³-hybridized carbons (Fsp3) is 0.286. The summed E-state index contributed by atoms with van der Waals surface area (Å²) in [6.07, 6.45) is 0. The molecule has 112 valence electrons. The van der Waals surface area contributed by atoms with Crippen molar-refractivity contribution in [3.63, 3.8) is 0 Å². The maximum Gasteiger partial charge on any atom is 0.252 e. The second-order valence-electron chi connectivity index (χ2n) is 4.57. The topological polar surface area (TPSA) is 96.2 Å². The molecule has 0 aliphatic rings. The number of carbonyl (C=O) groups is 1. The minimum atomic E-state index is -0.594. The first kappa shape index (κ1) is 15.2. The lowest BCUT2D eigenvalue weighted by molar-refractivity contribution is 0.0996. The van der Waals surface area contributed by atoms with Crippen LogP contribution in [0.15, 0.2) is 18.2 Å². The Morgan fingerprint density at radius 1 is 1.48 bits per heavy atom. The van der Waals surface area contributed by atoms with Crippen molar-refractivity contribution in [2.24, 2.45) is 5.73 Å². The van der Waals surface area contributed by atoms with Gasteiger partial charge in [0.1, 0.15) is 12.4 Å². The first-order chi connectivity index (χ1) is 9.93. The Bertz CT molecular complexity index is 682. The first-order valence-corrected chi connectivity index (χ1v) is 6.85. The molecule has 0 aliphatic heterocycles. The van der Waals surface area contributed by atoms with Gasteiger partial charge >= 0.3 is 0 Å². The number of hydrogen-bond donors (Lipinski definition) is 2. The van der Waals surface area contributed by atoms with Crippen molar-refractivity contribution in [3.8, 4) is 5.75 Å². The highest BCUT2D eigenvalue weighted by atomic mass is 35.5. The number of amides is 1. The molecule has 1 aromatic heterocycles. The number of anilines is 1. The molecule has 0 aliphatic carbocycles. The summed E-state index contributed by atoms with van der Waals surface area (Å²) in [4.78, 5) is 11.4. The van der Waals surface area contributed by atoms with Gasteiger partial charge in [-0.2, -0.15) is 5.10 Å². The number of ether oxygens (including phenoxy) is 1. The number of benzene rings is 1. The second kappa shape index (κ2) is 6.05. The molecule has 0 spiro atoms. The van der Waals surface area contributed by atoms with Crippen LogP contribution in [0.4, 0.5) is 5.69 Å². The van der Waals surface area contributed by atoms with E-state index in [1.54, 1.807) is 16.8 Å². The van der Waals surface area contributed by atoms with E-state index in [4.69, 9.17) is 27.8 Å². The third kappa shape index (κ3) is 3.11. The van der Waals surface area contributed by atoms with Gasteiger partial charge in [-0.1, -0.05) is 11.6 Å². The first-order valence-electron chi connectivity index (χ1n) is 6.48. The van der Waals surface area contributed by atoms with Crippen molar-refractivity contribution in [1.29, 1.82) is 0 Å². The van der Waals surface area contributed by atoms with Gasteiger partial charge in [-0.15, -0.1) is 0 Å². The minimum absolute atomic E-state index is 0.192. The molecule has 0 atom stereocenters. The van der Waals surface area contributed by atoms with Crippen LogP contribution in [0.3, 0.4) is 0 Å². The van der Waals surface area contributed by atoms with Crippen LogP contribution < -0.4 is 16.2 Å². The van der Waals surface area contributed by atoms with Gasteiger partial charge in [0.2, 0.25) is 0 Å². The largest absolute Gasteiger partial charge is 0.486 e. The van der Waals surface area contributed by atoms with E-state index in [-0.39, 0.29) is 12.2 Å². The van der Waals surface area contributed by atoms with Crippen molar-refractivity contribution in [3.05, 3.63) is 40.2 Å². The number of primary amides is 1. The molecule has 0 bridgehead atoms. The Kier molecular flexibility index (Phi) is 4.37. The van der Waals surface area contributed by atoms with Crippen LogP contribution in [0, 0.1) is 6.92 Å². The van der Waals surface area contributed by atoms with E-state index in [0.717, 1.165) is 11.4 Å². The van der Waals surface area contributed by atoms with Gasteiger partial charge in [0.25, 0.3) is 5.91 Å². The average Bonchev–Trinajstić information content (AvgIpc) is 2.72. The van der Waals surface area contributed by atoms with E-state index in [2.05, 4.69) is 5.10 Å². The summed E-state index contributed by atoms with van der Waals surface area (Å²) < 4.78 is 7.44. The Morgan fingerprint density at radius 2 is 2.19 bits per heavy atom. The predicted octanol–water partition coefficient (Wildman–Crippen LogP) is 2.12. The molecule has 0 unspecified atom stereocenters. The molecule has 0 radical (unpaired) electrons. The summed E-state index contributed by atoms with van der Waals surface area (Å²) in [6, 6.07) is 4.75. The van der Waals surface area contributed by atoms with E-state index in [0.29, 0.717) is 23.0 Å². The van der Waals surface area contributed by atoms with Crippen LogP contribution in [-0.2, 0) is 13.2 Å². The van der Waals surface area contributed by atoms with Crippen molar-refractivity contribution >= 4 is 23.2 Å². The Labute approximate surface area is 127 Å². The normalized spacial score (nSPS) is 10.6. The van der Waals surface area contributed by atoms with E-state index in [9.17, 15) is 4.79 Å². The van der Waals surface area contributed by atoms with Crippen molar-refractivity contribution in [2.75, 3.05) is 5.73 Å². The molecule has 0 saturated heterocycles. The third-order valence-electron chi connectivity index (χ3n) is 3.09. The van der Waals surface area contributed by atoms with Crippen molar-refractivity contribution in [1.82, 2.24) is 9.78 Å². The summed E-state index contributed by atoms with van der Waals surface area (Å²) in [5.41, 5.74) is 13.2. The molecule has 1 aromatic carbocycles. The van der Waals surface area contributed by atoms with E-state index < -0.39 is 5.91 Å². The fourth-order valence-corrected chi connectivity index (χ4v) is 2.21. The number of aryl methyl sites for hydroxylation is 2. The standard InChI is InChI=1S/C14H17ClN4O2/c1-3-19-11(13(15)8(2)18-19)7-21-12-5-4-9(16)6-10(12)14(17)20/h4-6H,3,7,16H2,1-2H3,(H2,17,20). The molecule has 6 nitrogen and oxygen atoms in total. The van der Waals surface area contributed by atoms with E-state index in [1.807, 2.05) is 13.8 Å².